The largest absolute Gasteiger partial charge is 1.00 e. The molecular weight excluding hydrogens is 236 g/mol. The lowest BCUT2D eigenvalue weighted by atomic mass is 10.3. The van der Waals surface area contributed by atoms with E-state index in [-0.39, 0.29) is 12.4 Å². The van der Waals surface area contributed by atoms with E-state index in [4.69, 9.17) is 4.74 Å². The molecule has 4 heteroatoms. The van der Waals surface area contributed by atoms with Crippen LogP contribution >= 0.6 is 0 Å². The maximum atomic E-state index is 5.84. The third-order valence-electron chi connectivity index (χ3n) is 3.15. The third kappa shape index (κ3) is 4.17. The van der Waals surface area contributed by atoms with E-state index in [2.05, 4.69) is 48.1 Å². The zero-order valence-corrected chi connectivity index (χ0v) is 11.4. The predicted molar refractivity (Wildman–Crippen MR) is 64.3 cm³/mol. The van der Waals surface area contributed by atoms with Crippen molar-refractivity contribution >= 4 is 5.69 Å². The normalized spacial score (nSPS) is 15.6. The van der Waals surface area contributed by atoms with Gasteiger partial charge in [0, 0.05) is 31.9 Å². The molecule has 0 saturated heterocycles. The number of aromatic nitrogens is 1. The lowest BCUT2D eigenvalue weighted by Gasteiger charge is -2.11. The van der Waals surface area contributed by atoms with Crippen LogP contribution in [0.3, 0.4) is 0 Å². The minimum absolute atomic E-state index is 0. The van der Waals surface area contributed by atoms with Gasteiger partial charge in [-0.15, -0.1) is 0 Å². The van der Waals surface area contributed by atoms with Crippen molar-refractivity contribution in [1.29, 1.82) is 0 Å². The van der Waals surface area contributed by atoms with Crippen molar-refractivity contribution in [3.8, 4) is 0 Å². The molecule has 1 aliphatic rings. The summed E-state index contributed by atoms with van der Waals surface area (Å²) in [6.45, 7) is 0.679. The molecule has 1 fully saturated rings. The van der Waals surface area contributed by atoms with Crippen molar-refractivity contribution in [1.82, 2.24) is 0 Å². The molecule has 0 spiro atoms. The minimum atomic E-state index is 0. The van der Waals surface area contributed by atoms with Gasteiger partial charge >= 0.3 is 0 Å². The summed E-state index contributed by atoms with van der Waals surface area (Å²) in [5, 5.41) is 0. The lowest BCUT2D eigenvalue weighted by molar-refractivity contribution is -0.734. The highest BCUT2D eigenvalue weighted by Gasteiger charge is 2.16. The molecule has 1 saturated carbocycles. The fraction of sp³-hybridized carbons (Fsp3) is 0.615. The second kappa shape index (κ2) is 6.82. The van der Waals surface area contributed by atoms with Crippen LogP contribution in [-0.4, -0.2) is 20.2 Å². The first-order valence-corrected chi connectivity index (χ1v) is 6.04. The summed E-state index contributed by atoms with van der Waals surface area (Å²) >= 11 is 0. The quantitative estimate of drug-likeness (QED) is 0.640. The van der Waals surface area contributed by atoms with E-state index in [1.165, 1.54) is 31.4 Å². The van der Waals surface area contributed by atoms with Gasteiger partial charge in [-0.2, -0.15) is 4.57 Å². The van der Waals surface area contributed by atoms with Crippen molar-refractivity contribution in [3.05, 3.63) is 24.5 Å². The highest BCUT2D eigenvalue weighted by atomic mass is 35.5. The Hall–Kier alpha value is -0.800. The Morgan fingerprint density at radius 2 is 1.82 bits per heavy atom. The number of hydrogen-bond acceptors (Lipinski definition) is 2. The highest BCUT2D eigenvalue weighted by molar-refractivity contribution is 5.41. The Balaban J connectivity index is 0.00000144. The third-order valence-corrected chi connectivity index (χ3v) is 3.15. The van der Waals surface area contributed by atoms with Gasteiger partial charge < -0.3 is 22.0 Å². The van der Waals surface area contributed by atoms with Gasteiger partial charge in [-0.05, 0) is 12.8 Å². The van der Waals surface area contributed by atoms with Gasteiger partial charge in [0.25, 0.3) is 6.73 Å². The van der Waals surface area contributed by atoms with Gasteiger partial charge in [0.1, 0.15) is 0 Å². The fourth-order valence-corrected chi connectivity index (χ4v) is 2.08. The van der Waals surface area contributed by atoms with Crippen LogP contribution in [0.25, 0.3) is 0 Å². The number of nitrogens with zero attached hydrogens (tertiary/aromatic N) is 2. The molecule has 1 aromatic rings. The Labute approximate surface area is 110 Å². The van der Waals surface area contributed by atoms with Crippen molar-refractivity contribution in [2.24, 2.45) is 0 Å². The molecule has 1 heterocycles. The molecule has 96 valence electrons. The molecule has 0 amide bonds. The van der Waals surface area contributed by atoms with E-state index >= 15 is 0 Å². The molecule has 0 bridgehead atoms. The van der Waals surface area contributed by atoms with Crippen LogP contribution in [0.5, 0.6) is 0 Å². The van der Waals surface area contributed by atoms with E-state index in [0.717, 1.165) is 0 Å². The average molecular weight is 257 g/mol. The smallest absolute Gasteiger partial charge is 0.252 e. The predicted octanol–water partition coefficient (Wildman–Crippen LogP) is -1.04. The molecule has 0 N–H and O–H groups in total. The number of hydrogen-bond donors (Lipinski definition) is 0. The van der Waals surface area contributed by atoms with Crippen LogP contribution in [0.4, 0.5) is 5.69 Å². The number of ether oxygens (including phenoxy) is 1. The van der Waals surface area contributed by atoms with Crippen molar-refractivity contribution in [2.75, 3.05) is 19.0 Å². The lowest BCUT2D eigenvalue weighted by Crippen LogP contribution is -3.00. The first-order chi connectivity index (χ1) is 7.75. The summed E-state index contributed by atoms with van der Waals surface area (Å²) in [6.07, 6.45) is 9.76. The molecule has 0 aliphatic heterocycles. The first kappa shape index (κ1) is 14.3. The van der Waals surface area contributed by atoms with Crippen LogP contribution in [0.15, 0.2) is 24.5 Å². The standard InChI is InChI=1S/C13H21N2O.ClH/c1-14(2)12-7-9-15(10-8-12)11-16-13-5-3-4-6-13;/h7-10,13H,3-6,11H2,1-2H3;1H/q+1;/p-1. The summed E-state index contributed by atoms with van der Waals surface area (Å²) in [4.78, 5) is 2.10. The van der Waals surface area contributed by atoms with E-state index in [1.54, 1.807) is 0 Å². The number of pyridine rings is 1. The summed E-state index contributed by atoms with van der Waals surface area (Å²) in [6, 6.07) is 4.22. The second-order valence-electron chi connectivity index (χ2n) is 4.67. The first-order valence-electron chi connectivity index (χ1n) is 6.04. The van der Waals surface area contributed by atoms with Crippen LogP contribution in [-0.2, 0) is 11.5 Å². The Morgan fingerprint density at radius 1 is 1.24 bits per heavy atom. The number of halogens is 1. The summed E-state index contributed by atoms with van der Waals surface area (Å²) in [7, 11) is 4.10. The topological polar surface area (TPSA) is 16.4 Å². The molecule has 0 unspecified atom stereocenters. The van der Waals surface area contributed by atoms with Gasteiger partial charge in [0.15, 0.2) is 12.4 Å². The molecule has 1 aromatic heterocycles. The Bertz CT molecular complexity index is 321. The molecule has 17 heavy (non-hydrogen) atoms. The molecule has 0 atom stereocenters. The Kier molecular flexibility index (Phi) is 5.72. The molecular formula is C13H21ClN2O. The van der Waals surface area contributed by atoms with Crippen LogP contribution in [0.2, 0.25) is 0 Å². The van der Waals surface area contributed by atoms with Crippen molar-refractivity contribution in [2.45, 2.75) is 38.5 Å². The molecule has 0 aromatic carbocycles. The van der Waals surface area contributed by atoms with Gasteiger partial charge in [-0.25, -0.2) is 0 Å². The van der Waals surface area contributed by atoms with Crippen molar-refractivity contribution in [3.63, 3.8) is 0 Å². The highest BCUT2D eigenvalue weighted by Crippen LogP contribution is 2.20. The maximum Gasteiger partial charge on any atom is 0.252 e. The molecule has 1 aliphatic carbocycles. The Morgan fingerprint density at radius 3 is 2.35 bits per heavy atom. The summed E-state index contributed by atoms with van der Waals surface area (Å²) < 4.78 is 7.93. The van der Waals surface area contributed by atoms with Gasteiger partial charge in [-0.1, -0.05) is 12.8 Å². The maximum absolute atomic E-state index is 5.84. The summed E-state index contributed by atoms with van der Waals surface area (Å²) in [5.74, 6) is 0. The number of anilines is 1. The van der Waals surface area contributed by atoms with E-state index in [1.807, 2.05) is 0 Å². The zero-order valence-electron chi connectivity index (χ0n) is 10.6. The van der Waals surface area contributed by atoms with Gasteiger partial charge in [0.05, 0.1) is 6.10 Å². The molecule has 3 nitrogen and oxygen atoms in total. The average Bonchev–Trinajstić information content (AvgIpc) is 2.80. The van der Waals surface area contributed by atoms with Crippen LogP contribution in [0, 0.1) is 0 Å². The molecule has 2 rings (SSSR count). The minimum Gasteiger partial charge on any atom is -1.00 e. The van der Waals surface area contributed by atoms with Gasteiger partial charge in [0.2, 0.25) is 0 Å². The number of rotatable bonds is 4. The van der Waals surface area contributed by atoms with E-state index in [9.17, 15) is 0 Å². The second-order valence-corrected chi connectivity index (χ2v) is 4.67. The van der Waals surface area contributed by atoms with E-state index in [0.29, 0.717) is 12.8 Å². The van der Waals surface area contributed by atoms with E-state index < -0.39 is 0 Å². The van der Waals surface area contributed by atoms with Crippen LogP contribution < -0.4 is 21.9 Å². The summed E-state index contributed by atoms with van der Waals surface area (Å²) in [5.41, 5.74) is 1.22. The van der Waals surface area contributed by atoms with Crippen molar-refractivity contribution < 1.29 is 21.7 Å². The monoisotopic (exact) mass is 256 g/mol. The van der Waals surface area contributed by atoms with Gasteiger partial charge in [-0.3, -0.25) is 0 Å². The zero-order chi connectivity index (χ0) is 11.4. The molecule has 0 radical (unpaired) electrons. The fourth-order valence-electron chi connectivity index (χ4n) is 2.08. The SMILES string of the molecule is CN(C)c1cc[n+](COC2CCCC2)cc1.[Cl-]. The van der Waals surface area contributed by atoms with Crippen LogP contribution in [0.1, 0.15) is 25.7 Å².